The number of methoxy groups -OCH3 is 1. The fraction of sp³-hybridized carbons (Fsp3) is 0.240. The summed E-state index contributed by atoms with van der Waals surface area (Å²) >= 11 is 7.70. The van der Waals surface area contributed by atoms with Gasteiger partial charge in [0.2, 0.25) is 0 Å². The Morgan fingerprint density at radius 2 is 1.76 bits per heavy atom. The molecule has 1 saturated heterocycles. The van der Waals surface area contributed by atoms with Gasteiger partial charge in [0.25, 0.3) is 5.56 Å². The molecule has 0 amide bonds. The normalized spacial score (nSPS) is 14.4. The van der Waals surface area contributed by atoms with E-state index in [9.17, 15) is 9.59 Å². The minimum Gasteiger partial charge on any atom is -0.465 e. The molecule has 0 bridgehead atoms. The van der Waals surface area contributed by atoms with Crippen LogP contribution in [0.2, 0.25) is 5.02 Å². The Bertz CT molecular complexity index is 1450. The van der Waals surface area contributed by atoms with Gasteiger partial charge in [0.1, 0.15) is 15.4 Å². The second kappa shape index (κ2) is 9.00. The summed E-state index contributed by atoms with van der Waals surface area (Å²) in [4.78, 5) is 34.3. The number of carbonyl (C=O) groups is 1. The number of aromatic nitrogens is 1. The van der Waals surface area contributed by atoms with Gasteiger partial charge in [0.15, 0.2) is 0 Å². The maximum Gasteiger partial charge on any atom is 0.350 e. The maximum absolute atomic E-state index is 13.6. The average Bonchev–Trinajstić information content (AvgIpc) is 3.23. The van der Waals surface area contributed by atoms with Crippen molar-refractivity contribution in [3.05, 3.63) is 68.8 Å². The Kier molecular flexibility index (Phi) is 5.91. The average molecular weight is 480 g/mol. The lowest BCUT2D eigenvalue weighted by Crippen LogP contribution is -2.28. The molecule has 1 fully saturated rings. The predicted octanol–water partition coefficient (Wildman–Crippen LogP) is 5.79. The zero-order valence-electron chi connectivity index (χ0n) is 18.1. The number of aliphatic imine (C=N–C) groups is 1. The molecule has 1 aliphatic heterocycles. The molecular weight excluding hydrogens is 458 g/mol. The third-order valence-electron chi connectivity index (χ3n) is 5.90. The highest BCUT2D eigenvalue weighted by atomic mass is 35.5. The van der Waals surface area contributed by atoms with Gasteiger partial charge in [-0.1, -0.05) is 41.9 Å². The molecule has 168 valence electrons. The minimum atomic E-state index is -0.482. The Hall–Kier alpha value is -3.16. The van der Waals surface area contributed by atoms with Gasteiger partial charge in [-0.25, -0.2) is 9.79 Å². The topological polar surface area (TPSA) is 63.9 Å². The van der Waals surface area contributed by atoms with E-state index in [0.29, 0.717) is 31.5 Å². The number of para-hydroxylation sites is 1. The Morgan fingerprint density at radius 1 is 1.06 bits per heavy atom. The van der Waals surface area contributed by atoms with Gasteiger partial charge < -0.3 is 9.64 Å². The van der Waals surface area contributed by atoms with Crippen LogP contribution in [0.25, 0.3) is 26.7 Å². The van der Waals surface area contributed by atoms with Crippen LogP contribution in [-0.4, -0.2) is 42.0 Å². The van der Waals surface area contributed by atoms with Gasteiger partial charge in [-0.15, -0.1) is 11.3 Å². The number of fused-ring (bicyclic) bond motifs is 3. The van der Waals surface area contributed by atoms with E-state index in [1.165, 1.54) is 24.9 Å². The van der Waals surface area contributed by atoms with Gasteiger partial charge in [-0.2, -0.15) is 0 Å². The minimum absolute atomic E-state index is 0.199. The number of likely N-dealkylation sites (tertiary alicyclic amines) is 1. The molecule has 4 aromatic rings. The van der Waals surface area contributed by atoms with Crippen molar-refractivity contribution < 1.29 is 9.53 Å². The third kappa shape index (κ3) is 3.81. The largest absolute Gasteiger partial charge is 0.465 e. The monoisotopic (exact) mass is 479 g/mol. The van der Waals surface area contributed by atoms with Gasteiger partial charge in [0, 0.05) is 23.9 Å². The van der Waals surface area contributed by atoms with Crippen molar-refractivity contribution >= 4 is 61.9 Å². The first-order chi connectivity index (χ1) is 16.1. The summed E-state index contributed by atoms with van der Waals surface area (Å²) in [5, 5.41) is 2.47. The van der Waals surface area contributed by atoms with E-state index in [4.69, 9.17) is 21.3 Å². The van der Waals surface area contributed by atoms with Crippen molar-refractivity contribution in [1.29, 1.82) is 0 Å². The van der Waals surface area contributed by atoms with Crippen molar-refractivity contribution in [2.24, 2.45) is 4.99 Å². The molecule has 0 N–H and O–H groups in total. The van der Waals surface area contributed by atoms with Crippen molar-refractivity contribution in [3.8, 4) is 5.69 Å². The number of esters is 1. The Morgan fingerprint density at radius 3 is 2.48 bits per heavy atom. The van der Waals surface area contributed by atoms with Gasteiger partial charge in [-0.05, 0) is 42.8 Å². The fourth-order valence-electron chi connectivity index (χ4n) is 4.29. The molecule has 5 rings (SSSR count). The first kappa shape index (κ1) is 21.7. The van der Waals surface area contributed by atoms with E-state index in [0.717, 1.165) is 36.7 Å². The van der Waals surface area contributed by atoms with Crippen molar-refractivity contribution in [2.75, 3.05) is 20.2 Å². The zero-order valence-corrected chi connectivity index (χ0v) is 19.7. The number of carbonyl (C=O) groups excluding carboxylic acids is 1. The first-order valence-corrected chi connectivity index (χ1v) is 12.0. The number of rotatable bonds is 4. The second-order valence-electron chi connectivity index (χ2n) is 7.93. The fourth-order valence-corrected chi connectivity index (χ4v) is 5.70. The van der Waals surface area contributed by atoms with Crippen LogP contribution < -0.4 is 5.56 Å². The summed E-state index contributed by atoms with van der Waals surface area (Å²) in [5.41, 5.74) is 0.879. The highest BCUT2D eigenvalue weighted by Gasteiger charge is 2.25. The van der Waals surface area contributed by atoms with E-state index in [1.54, 1.807) is 22.8 Å². The summed E-state index contributed by atoms with van der Waals surface area (Å²) in [6.45, 7) is 1.87. The molecule has 2 aromatic heterocycles. The highest BCUT2D eigenvalue weighted by molar-refractivity contribution is 7.21. The summed E-state index contributed by atoms with van der Waals surface area (Å²) in [6.07, 6.45) is 5.27. The molecule has 2 aromatic carbocycles. The number of piperidine rings is 1. The molecule has 0 radical (unpaired) electrons. The van der Waals surface area contributed by atoms with Crippen LogP contribution in [-0.2, 0) is 4.74 Å². The summed E-state index contributed by atoms with van der Waals surface area (Å²) in [7, 11) is 1.35. The molecule has 0 atom stereocenters. The molecular formula is C25H22ClN3O3S. The molecule has 0 saturated carbocycles. The lowest BCUT2D eigenvalue weighted by atomic mass is 10.1. The Balaban J connectivity index is 1.87. The number of hydrogen-bond donors (Lipinski definition) is 0. The number of ether oxygens (including phenoxy) is 1. The van der Waals surface area contributed by atoms with Crippen LogP contribution in [0.15, 0.2) is 58.3 Å². The number of halogens is 1. The zero-order chi connectivity index (χ0) is 22.9. The van der Waals surface area contributed by atoms with Gasteiger partial charge in [-0.3, -0.25) is 9.36 Å². The maximum atomic E-state index is 13.6. The third-order valence-corrected chi connectivity index (χ3v) is 7.37. The lowest BCUT2D eigenvalue weighted by Gasteiger charge is -2.23. The molecule has 3 heterocycles. The SMILES string of the molecule is COC(=O)c1sc2c(c1N=CN1CCCCC1)c1ccccc1c(=O)n2-c1ccccc1Cl. The van der Waals surface area contributed by atoms with E-state index in [1.807, 2.05) is 36.7 Å². The van der Waals surface area contributed by atoms with Gasteiger partial charge in [0.05, 0.1) is 24.2 Å². The molecule has 0 unspecified atom stereocenters. The molecule has 8 heteroatoms. The summed E-state index contributed by atoms with van der Waals surface area (Å²) in [6, 6.07) is 14.6. The van der Waals surface area contributed by atoms with E-state index in [2.05, 4.69) is 4.90 Å². The van der Waals surface area contributed by atoms with Crippen LogP contribution in [0.4, 0.5) is 5.69 Å². The van der Waals surface area contributed by atoms with Crippen LogP contribution in [0, 0.1) is 0 Å². The van der Waals surface area contributed by atoms with Crippen molar-refractivity contribution in [2.45, 2.75) is 19.3 Å². The molecule has 1 aliphatic rings. The quantitative estimate of drug-likeness (QED) is 0.211. The van der Waals surface area contributed by atoms with Gasteiger partial charge >= 0.3 is 5.97 Å². The van der Waals surface area contributed by atoms with E-state index >= 15 is 0 Å². The van der Waals surface area contributed by atoms with Crippen LogP contribution in [0.5, 0.6) is 0 Å². The van der Waals surface area contributed by atoms with Crippen LogP contribution in [0.3, 0.4) is 0 Å². The summed E-state index contributed by atoms with van der Waals surface area (Å²) < 4.78 is 6.66. The number of benzene rings is 2. The number of nitrogens with zero attached hydrogens (tertiary/aromatic N) is 3. The first-order valence-electron chi connectivity index (χ1n) is 10.8. The van der Waals surface area contributed by atoms with Crippen molar-refractivity contribution in [1.82, 2.24) is 9.47 Å². The van der Waals surface area contributed by atoms with E-state index < -0.39 is 5.97 Å². The lowest BCUT2D eigenvalue weighted by molar-refractivity contribution is 0.0607. The smallest absolute Gasteiger partial charge is 0.350 e. The van der Waals surface area contributed by atoms with E-state index in [-0.39, 0.29) is 5.56 Å². The Labute approximate surface area is 199 Å². The number of pyridine rings is 1. The summed E-state index contributed by atoms with van der Waals surface area (Å²) in [5.74, 6) is -0.482. The van der Waals surface area contributed by atoms with Crippen LogP contribution >= 0.6 is 22.9 Å². The second-order valence-corrected chi connectivity index (χ2v) is 9.34. The highest BCUT2D eigenvalue weighted by Crippen LogP contribution is 2.42. The van der Waals surface area contributed by atoms with Crippen LogP contribution in [0.1, 0.15) is 28.9 Å². The number of thiophene rings is 1. The molecule has 33 heavy (non-hydrogen) atoms. The van der Waals surface area contributed by atoms with Crippen molar-refractivity contribution in [3.63, 3.8) is 0 Å². The molecule has 0 spiro atoms. The molecule has 6 nitrogen and oxygen atoms in total. The molecule has 0 aliphatic carbocycles. The number of hydrogen-bond acceptors (Lipinski definition) is 5. The predicted molar refractivity (Wildman–Crippen MR) is 135 cm³/mol. The standard InChI is InChI=1S/C25H22ClN3O3S/c1-32-25(31)22-21(27-15-28-13-7-2-8-14-28)20-16-9-3-4-10-17(16)23(30)29(24(20)33-22)19-12-6-5-11-18(19)26/h3-6,9-12,15H,2,7-8,13-14H2,1H3.